The molecule has 0 radical (unpaired) electrons. The van der Waals surface area contributed by atoms with E-state index in [1.54, 1.807) is 0 Å². The molecule has 0 aliphatic heterocycles. The predicted molar refractivity (Wildman–Crippen MR) is 58.5 cm³/mol. The lowest BCUT2D eigenvalue weighted by molar-refractivity contribution is -0.141. The summed E-state index contributed by atoms with van der Waals surface area (Å²) in [6, 6.07) is 0. The minimum atomic E-state index is -0.180. The van der Waals surface area contributed by atoms with Crippen molar-refractivity contribution in [2.45, 2.75) is 33.6 Å². The third kappa shape index (κ3) is 6.88. The van der Waals surface area contributed by atoms with Gasteiger partial charge in [-0.1, -0.05) is 36.4 Å². The van der Waals surface area contributed by atoms with Gasteiger partial charge < -0.3 is 4.74 Å². The largest absolute Gasteiger partial charge is 0.466 e. The SMILES string of the molecule is CC(=O)OCCC(C)(C)CCI. The van der Waals surface area contributed by atoms with Gasteiger partial charge in [0.2, 0.25) is 0 Å². The van der Waals surface area contributed by atoms with Gasteiger partial charge in [-0.25, -0.2) is 0 Å². The number of ether oxygens (including phenoxy) is 1. The summed E-state index contributed by atoms with van der Waals surface area (Å²) >= 11 is 2.37. The van der Waals surface area contributed by atoms with Crippen molar-refractivity contribution in [1.82, 2.24) is 0 Å². The van der Waals surface area contributed by atoms with E-state index >= 15 is 0 Å². The maximum atomic E-state index is 10.5. The molecule has 0 saturated carbocycles. The first kappa shape index (κ1) is 12.2. The van der Waals surface area contributed by atoms with Gasteiger partial charge in [0.05, 0.1) is 6.61 Å². The standard InChI is InChI=1S/C9H17IO2/c1-8(11)12-7-5-9(2,3)4-6-10/h4-7H2,1-3H3. The van der Waals surface area contributed by atoms with E-state index in [-0.39, 0.29) is 5.97 Å². The second-order valence-corrected chi connectivity index (χ2v) is 4.77. The van der Waals surface area contributed by atoms with Crippen LogP contribution in [0.2, 0.25) is 0 Å². The van der Waals surface area contributed by atoms with Gasteiger partial charge in [0.25, 0.3) is 0 Å². The average Bonchev–Trinajstić information content (AvgIpc) is 1.85. The smallest absolute Gasteiger partial charge is 0.302 e. The van der Waals surface area contributed by atoms with Crippen LogP contribution in [0, 0.1) is 5.41 Å². The highest BCUT2D eigenvalue weighted by atomic mass is 127. The van der Waals surface area contributed by atoms with Crippen molar-refractivity contribution in [3.05, 3.63) is 0 Å². The van der Waals surface area contributed by atoms with E-state index in [0.717, 1.165) is 10.8 Å². The van der Waals surface area contributed by atoms with Crippen molar-refractivity contribution in [1.29, 1.82) is 0 Å². The van der Waals surface area contributed by atoms with Gasteiger partial charge in [-0.15, -0.1) is 0 Å². The van der Waals surface area contributed by atoms with Gasteiger partial charge in [0, 0.05) is 11.4 Å². The maximum absolute atomic E-state index is 10.5. The van der Waals surface area contributed by atoms with E-state index in [9.17, 15) is 4.79 Å². The molecule has 0 amide bonds. The van der Waals surface area contributed by atoms with Crippen LogP contribution in [0.25, 0.3) is 0 Å². The Morgan fingerprint density at radius 2 is 2.00 bits per heavy atom. The summed E-state index contributed by atoms with van der Waals surface area (Å²) in [5.41, 5.74) is 0.302. The highest BCUT2D eigenvalue weighted by Crippen LogP contribution is 2.25. The number of hydrogen-bond donors (Lipinski definition) is 0. The van der Waals surface area contributed by atoms with Crippen molar-refractivity contribution in [2.24, 2.45) is 5.41 Å². The van der Waals surface area contributed by atoms with Crippen LogP contribution in [0.3, 0.4) is 0 Å². The van der Waals surface area contributed by atoms with Gasteiger partial charge in [0.1, 0.15) is 0 Å². The highest BCUT2D eigenvalue weighted by molar-refractivity contribution is 14.1. The van der Waals surface area contributed by atoms with Crippen LogP contribution in [0.4, 0.5) is 0 Å². The summed E-state index contributed by atoms with van der Waals surface area (Å²) in [5, 5.41) is 0. The van der Waals surface area contributed by atoms with E-state index < -0.39 is 0 Å². The topological polar surface area (TPSA) is 26.3 Å². The summed E-state index contributed by atoms with van der Waals surface area (Å²) in [6.07, 6.45) is 2.13. The minimum Gasteiger partial charge on any atom is -0.466 e. The van der Waals surface area contributed by atoms with Crippen molar-refractivity contribution in [3.8, 4) is 0 Å². The Labute approximate surface area is 88.2 Å². The Morgan fingerprint density at radius 3 is 2.42 bits per heavy atom. The summed E-state index contributed by atoms with van der Waals surface area (Å²) in [7, 11) is 0. The van der Waals surface area contributed by atoms with Crippen molar-refractivity contribution < 1.29 is 9.53 Å². The van der Waals surface area contributed by atoms with E-state index in [0.29, 0.717) is 12.0 Å². The first-order valence-electron chi connectivity index (χ1n) is 4.17. The summed E-state index contributed by atoms with van der Waals surface area (Å²) in [4.78, 5) is 10.5. The zero-order chi connectivity index (χ0) is 9.61. The molecular weight excluding hydrogens is 267 g/mol. The molecule has 0 aliphatic rings. The fourth-order valence-corrected chi connectivity index (χ4v) is 2.31. The van der Waals surface area contributed by atoms with Crippen LogP contribution >= 0.6 is 22.6 Å². The molecule has 0 spiro atoms. The maximum Gasteiger partial charge on any atom is 0.302 e. The zero-order valence-corrected chi connectivity index (χ0v) is 10.2. The molecule has 0 rings (SSSR count). The molecule has 0 aromatic carbocycles. The molecule has 0 bridgehead atoms. The van der Waals surface area contributed by atoms with Gasteiger partial charge >= 0.3 is 5.97 Å². The first-order chi connectivity index (χ1) is 5.48. The third-order valence-corrected chi connectivity index (χ3v) is 2.39. The molecular formula is C9H17IO2. The normalized spacial score (nSPS) is 11.3. The highest BCUT2D eigenvalue weighted by Gasteiger charge is 2.16. The van der Waals surface area contributed by atoms with Crippen molar-refractivity contribution in [3.63, 3.8) is 0 Å². The van der Waals surface area contributed by atoms with Crippen molar-refractivity contribution >= 4 is 28.6 Å². The molecule has 0 aliphatic carbocycles. The molecule has 0 unspecified atom stereocenters. The lowest BCUT2D eigenvalue weighted by atomic mass is 9.87. The lowest BCUT2D eigenvalue weighted by Gasteiger charge is -2.22. The average molecular weight is 284 g/mol. The lowest BCUT2D eigenvalue weighted by Crippen LogP contribution is -2.16. The van der Waals surface area contributed by atoms with Gasteiger partial charge in [-0.05, 0) is 18.3 Å². The van der Waals surface area contributed by atoms with Crippen LogP contribution in [0.5, 0.6) is 0 Å². The summed E-state index contributed by atoms with van der Waals surface area (Å²) in [6.45, 7) is 6.41. The Balaban J connectivity index is 3.53. The Hall–Kier alpha value is 0.200. The van der Waals surface area contributed by atoms with Gasteiger partial charge in [-0.2, -0.15) is 0 Å². The number of carbonyl (C=O) groups is 1. The monoisotopic (exact) mass is 284 g/mol. The quantitative estimate of drug-likeness (QED) is 0.441. The molecule has 0 aromatic rings. The fraction of sp³-hybridized carbons (Fsp3) is 0.889. The number of esters is 1. The molecule has 0 aromatic heterocycles. The van der Waals surface area contributed by atoms with Gasteiger partial charge in [-0.3, -0.25) is 4.79 Å². The Kier molecular flexibility index (Phi) is 5.88. The molecule has 72 valence electrons. The molecule has 12 heavy (non-hydrogen) atoms. The van der Waals surface area contributed by atoms with E-state index in [2.05, 4.69) is 36.4 Å². The molecule has 0 fully saturated rings. The number of carbonyl (C=O) groups excluding carboxylic acids is 1. The van der Waals surface area contributed by atoms with Crippen LogP contribution < -0.4 is 0 Å². The first-order valence-corrected chi connectivity index (χ1v) is 5.70. The van der Waals surface area contributed by atoms with Crippen LogP contribution in [-0.2, 0) is 9.53 Å². The molecule has 0 N–H and O–H groups in total. The van der Waals surface area contributed by atoms with Crippen LogP contribution in [0.1, 0.15) is 33.6 Å². The second-order valence-electron chi connectivity index (χ2n) is 3.69. The predicted octanol–water partition coefficient (Wildman–Crippen LogP) is 2.79. The molecule has 2 nitrogen and oxygen atoms in total. The third-order valence-electron chi connectivity index (χ3n) is 1.86. The number of halogens is 1. The Morgan fingerprint density at radius 1 is 1.42 bits per heavy atom. The minimum absolute atomic E-state index is 0.180. The number of alkyl halides is 1. The second kappa shape index (κ2) is 5.78. The molecule has 3 heteroatoms. The van der Waals surface area contributed by atoms with E-state index in [1.165, 1.54) is 13.3 Å². The molecule has 0 saturated heterocycles. The van der Waals surface area contributed by atoms with Crippen molar-refractivity contribution in [2.75, 3.05) is 11.0 Å². The van der Waals surface area contributed by atoms with Crippen LogP contribution in [0.15, 0.2) is 0 Å². The molecule has 0 heterocycles. The molecule has 0 atom stereocenters. The number of rotatable bonds is 5. The Bertz CT molecular complexity index is 143. The fourth-order valence-electron chi connectivity index (χ4n) is 0.852. The van der Waals surface area contributed by atoms with Gasteiger partial charge in [0.15, 0.2) is 0 Å². The van der Waals surface area contributed by atoms with E-state index in [4.69, 9.17) is 4.74 Å². The zero-order valence-electron chi connectivity index (χ0n) is 8.02. The van der Waals surface area contributed by atoms with Crippen LogP contribution in [-0.4, -0.2) is 17.0 Å². The van der Waals surface area contributed by atoms with E-state index in [1.807, 2.05) is 0 Å². The number of hydrogen-bond acceptors (Lipinski definition) is 2. The summed E-state index contributed by atoms with van der Waals surface area (Å²) in [5.74, 6) is -0.180. The summed E-state index contributed by atoms with van der Waals surface area (Å²) < 4.78 is 6.04.